The van der Waals surface area contributed by atoms with Crippen molar-refractivity contribution < 1.29 is 13.2 Å². The monoisotopic (exact) mass is 571 g/mol. The Balaban J connectivity index is 1.72. The van der Waals surface area contributed by atoms with Gasteiger partial charge in [0.25, 0.3) is 0 Å². The minimum Gasteiger partial charge on any atom is -0.397 e. The molecule has 0 saturated carbocycles. The minimum atomic E-state index is -4.75. The Bertz CT molecular complexity index is 1460. The van der Waals surface area contributed by atoms with Crippen LogP contribution in [0.25, 0.3) is 36.3 Å². The van der Waals surface area contributed by atoms with Crippen molar-refractivity contribution in [2.24, 2.45) is 5.73 Å². The van der Waals surface area contributed by atoms with Gasteiger partial charge in [-0.2, -0.15) is 13.2 Å². The van der Waals surface area contributed by atoms with Crippen LogP contribution in [-0.2, 0) is 12.8 Å². The van der Waals surface area contributed by atoms with E-state index in [9.17, 15) is 13.2 Å². The molecule has 0 aliphatic rings. The molecule has 0 saturated heterocycles. The van der Waals surface area contributed by atoms with Gasteiger partial charge in [0, 0.05) is 25.4 Å². The number of aryl methyl sites for hydroxylation is 2. The SMILES string of the molecule is CCCCCCc1cc2cc3sc(-c4ccnc(/C(N)=C/C(=N)C(F)(F)F)c4)c(CCCCCC)c3cc2s1. The number of pyridine rings is 1. The lowest BCUT2D eigenvalue weighted by Crippen LogP contribution is -2.20. The first-order chi connectivity index (χ1) is 18.7. The van der Waals surface area contributed by atoms with E-state index in [1.165, 1.54) is 69.1 Å². The number of aromatic nitrogens is 1. The van der Waals surface area contributed by atoms with Crippen molar-refractivity contribution in [3.8, 4) is 10.4 Å². The molecule has 3 aromatic heterocycles. The van der Waals surface area contributed by atoms with E-state index in [4.69, 9.17) is 11.1 Å². The number of thiophene rings is 2. The smallest absolute Gasteiger partial charge is 0.397 e. The number of nitrogens with zero attached hydrogens (tertiary/aromatic N) is 1. The molecule has 0 aliphatic heterocycles. The Hall–Kier alpha value is -2.71. The van der Waals surface area contributed by atoms with Crippen molar-refractivity contribution in [1.82, 2.24) is 4.98 Å². The minimum absolute atomic E-state index is 0.170. The van der Waals surface area contributed by atoms with Crippen molar-refractivity contribution in [2.75, 3.05) is 0 Å². The summed E-state index contributed by atoms with van der Waals surface area (Å²) in [6.45, 7) is 4.44. The van der Waals surface area contributed by atoms with Gasteiger partial charge in [-0.05, 0) is 84.0 Å². The molecule has 0 bridgehead atoms. The zero-order chi connectivity index (χ0) is 28.0. The van der Waals surface area contributed by atoms with E-state index in [-0.39, 0.29) is 11.4 Å². The summed E-state index contributed by atoms with van der Waals surface area (Å²) in [6.07, 6.45) is 9.17. The van der Waals surface area contributed by atoms with Gasteiger partial charge in [-0.25, -0.2) is 0 Å². The lowest BCUT2D eigenvalue weighted by molar-refractivity contribution is -0.0583. The molecule has 39 heavy (non-hydrogen) atoms. The van der Waals surface area contributed by atoms with Crippen molar-refractivity contribution in [3.63, 3.8) is 0 Å². The molecule has 3 nitrogen and oxygen atoms in total. The van der Waals surface area contributed by atoms with Crippen LogP contribution in [0.3, 0.4) is 0 Å². The lowest BCUT2D eigenvalue weighted by Gasteiger charge is -2.09. The van der Waals surface area contributed by atoms with Crippen molar-refractivity contribution >= 4 is 54.3 Å². The molecule has 1 aromatic carbocycles. The van der Waals surface area contributed by atoms with Crippen LogP contribution >= 0.6 is 22.7 Å². The van der Waals surface area contributed by atoms with Gasteiger partial charge in [-0.15, -0.1) is 22.7 Å². The fourth-order valence-corrected chi connectivity index (χ4v) is 7.24. The highest BCUT2D eigenvalue weighted by atomic mass is 32.1. The van der Waals surface area contributed by atoms with Crippen molar-refractivity contribution in [2.45, 2.75) is 84.2 Å². The largest absolute Gasteiger partial charge is 0.432 e. The van der Waals surface area contributed by atoms with E-state index in [2.05, 4.69) is 37.0 Å². The summed E-state index contributed by atoms with van der Waals surface area (Å²) in [5, 5.41) is 9.81. The third-order valence-corrected chi connectivity index (χ3v) is 9.36. The number of alkyl halides is 3. The normalized spacial score (nSPS) is 12.6. The summed E-state index contributed by atoms with van der Waals surface area (Å²) < 4.78 is 41.2. The highest BCUT2D eigenvalue weighted by Crippen LogP contribution is 2.43. The molecule has 4 aromatic rings. The number of nitrogens with two attached hydrogens (primary N) is 1. The molecule has 8 heteroatoms. The average molecular weight is 572 g/mol. The molecule has 0 unspecified atom stereocenters. The first-order valence-electron chi connectivity index (χ1n) is 13.8. The summed E-state index contributed by atoms with van der Waals surface area (Å²) in [4.78, 5) is 6.75. The Morgan fingerprint density at radius 1 is 0.923 bits per heavy atom. The quantitative estimate of drug-likeness (QED) is 0.124. The Morgan fingerprint density at radius 3 is 2.33 bits per heavy atom. The van der Waals surface area contributed by atoms with Crippen LogP contribution in [0.4, 0.5) is 13.2 Å². The van der Waals surface area contributed by atoms with Gasteiger partial charge in [0.05, 0.1) is 11.4 Å². The third kappa shape index (κ3) is 7.28. The number of halogens is 3. The van der Waals surface area contributed by atoms with Crippen LogP contribution in [0.1, 0.15) is 81.3 Å². The van der Waals surface area contributed by atoms with Crippen LogP contribution in [0.15, 0.2) is 42.6 Å². The second-order valence-corrected chi connectivity index (χ2v) is 12.3. The molecule has 0 aliphatic carbocycles. The fourth-order valence-electron chi connectivity index (χ4n) is 4.84. The maximum Gasteiger partial charge on any atom is 0.432 e. The average Bonchev–Trinajstić information content (AvgIpc) is 3.47. The number of nitrogens with one attached hydrogen (secondary N) is 1. The first-order valence-corrected chi connectivity index (χ1v) is 15.4. The zero-order valence-corrected chi connectivity index (χ0v) is 24.2. The topological polar surface area (TPSA) is 62.8 Å². The van der Waals surface area contributed by atoms with Gasteiger partial charge in [0.2, 0.25) is 0 Å². The van der Waals surface area contributed by atoms with E-state index < -0.39 is 11.9 Å². The second-order valence-electron chi connectivity index (χ2n) is 10.1. The number of unbranched alkanes of at least 4 members (excludes halogenated alkanes) is 6. The van der Waals surface area contributed by atoms with Crippen LogP contribution in [0.5, 0.6) is 0 Å². The molecule has 3 heterocycles. The van der Waals surface area contributed by atoms with Crippen molar-refractivity contribution in [3.05, 3.63) is 58.7 Å². The number of allylic oxidation sites excluding steroid dienone is 1. The second kappa shape index (κ2) is 13.1. The van der Waals surface area contributed by atoms with Crippen LogP contribution in [0, 0.1) is 5.41 Å². The van der Waals surface area contributed by atoms with Gasteiger partial charge in [-0.3, -0.25) is 10.4 Å². The molecule has 208 valence electrons. The molecule has 3 N–H and O–H groups in total. The molecule has 4 rings (SSSR count). The van der Waals surface area contributed by atoms with E-state index in [0.29, 0.717) is 6.08 Å². The van der Waals surface area contributed by atoms with Gasteiger partial charge in [-0.1, -0.05) is 52.4 Å². The number of rotatable bonds is 13. The van der Waals surface area contributed by atoms with Gasteiger partial charge < -0.3 is 5.73 Å². The Kier molecular flexibility index (Phi) is 9.83. The molecular weight excluding hydrogens is 535 g/mol. The Labute approximate surface area is 236 Å². The van der Waals surface area contributed by atoms with E-state index in [1.54, 1.807) is 23.6 Å². The van der Waals surface area contributed by atoms with Gasteiger partial charge >= 0.3 is 6.18 Å². The predicted molar refractivity (Wildman–Crippen MR) is 162 cm³/mol. The molecule has 0 spiro atoms. The third-order valence-electron chi connectivity index (χ3n) is 6.96. The highest BCUT2D eigenvalue weighted by Gasteiger charge is 2.33. The standard InChI is InChI=1S/C31H36F3N3S2/c1-3-5-7-9-11-22-15-21-17-28-24(18-27(21)38-22)23(12-10-8-6-4-2)30(39-28)20-13-14-37-26(16-20)25(35)19-29(36)31(32,33)34/h13-19,36H,3-12,35H2,1-2H3/b25-19-,36-29?. The summed E-state index contributed by atoms with van der Waals surface area (Å²) in [7, 11) is 0. The number of hydrogen-bond acceptors (Lipinski definition) is 5. The fraction of sp³-hybridized carbons (Fsp3) is 0.419. The van der Waals surface area contributed by atoms with E-state index in [1.807, 2.05) is 17.4 Å². The molecule has 0 atom stereocenters. The lowest BCUT2D eigenvalue weighted by atomic mass is 9.99. The molecule has 0 radical (unpaired) electrons. The summed E-state index contributed by atoms with van der Waals surface area (Å²) in [5.41, 5.74) is 6.70. The summed E-state index contributed by atoms with van der Waals surface area (Å²) in [5.74, 6) is 0. The molecular formula is C31H36F3N3S2. The number of fused-ring (bicyclic) bond motifs is 2. The van der Waals surface area contributed by atoms with E-state index >= 15 is 0 Å². The van der Waals surface area contributed by atoms with Crippen LogP contribution in [0.2, 0.25) is 0 Å². The predicted octanol–water partition coefficient (Wildman–Crippen LogP) is 10.3. The summed E-state index contributed by atoms with van der Waals surface area (Å²) >= 11 is 3.61. The highest BCUT2D eigenvalue weighted by molar-refractivity contribution is 7.23. The summed E-state index contributed by atoms with van der Waals surface area (Å²) in [6, 6.07) is 10.6. The number of benzene rings is 1. The van der Waals surface area contributed by atoms with Gasteiger partial charge in [0.1, 0.15) is 5.71 Å². The Morgan fingerprint density at radius 2 is 1.64 bits per heavy atom. The van der Waals surface area contributed by atoms with Crippen molar-refractivity contribution in [1.29, 1.82) is 5.41 Å². The molecule has 0 amide bonds. The van der Waals surface area contributed by atoms with Crippen LogP contribution < -0.4 is 5.73 Å². The molecule has 0 fully saturated rings. The maximum absolute atomic E-state index is 12.9. The maximum atomic E-state index is 12.9. The van der Waals surface area contributed by atoms with Gasteiger partial charge in [0.15, 0.2) is 0 Å². The zero-order valence-electron chi connectivity index (χ0n) is 22.6. The van der Waals surface area contributed by atoms with Crippen LogP contribution in [-0.4, -0.2) is 16.9 Å². The first kappa shape index (κ1) is 29.3. The van der Waals surface area contributed by atoms with E-state index in [0.717, 1.165) is 36.1 Å². The number of hydrogen-bond donors (Lipinski definition) is 2.